The lowest BCUT2D eigenvalue weighted by molar-refractivity contribution is -0.126. The fraction of sp³-hybridized carbons (Fsp3) is 0.429. The Morgan fingerprint density at radius 1 is 1.35 bits per heavy atom. The number of hydrogen-bond donors (Lipinski definition) is 1. The Labute approximate surface area is 122 Å². The molecule has 1 aliphatic heterocycles. The average Bonchev–Trinajstić information content (AvgIpc) is 2.72. The second-order valence-corrected chi connectivity index (χ2v) is 5.51. The lowest BCUT2D eigenvalue weighted by atomic mass is 10.3. The van der Waals surface area contributed by atoms with Crippen LogP contribution in [0.15, 0.2) is 24.3 Å². The average molecular weight is 294 g/mol. The Balaban J connectivity index is 2.07. The number of imide groups is 1. The molecule has 0 spiro atoms. The highest BCUT2D eigenvalue weighted by Gasteiger charge is 2.39. The third kappa shape index (κ3) is 3.07. The zero-order valence-corrected chi connectivity index (χ0v) is 12.4. The van der Waals surface area contributed by atoms with Crippen molar-refractivity contribution in [3.8, 4) is 5.75 Å². The summed E-state index contributed by atoms with van der Waals surface area (Å²) < 4.78 is 5.23. The van der Waals surface area contributed by atoms with Crippen LogP contribution in [0, 0.1) is 0 Å². The van der Waals surface area contributed by atoms with E-state index in [1.54, 1.807) is 7.11 Å². The van der Waals surface area contributed by atoms with Crippen LogP contribution in [0.25, 0.3) is 0 Å². The first-order chi connectivity index (χ1) is 9.67. The predicted octanol–water partition coefficient (Wildman–Crippen LogP) is 2.93. The number of hydrogen-bond acceptors (Lipinski definition) is 5. The smallest absolute Gasteiger partial charge is 0.290 e. The van der Waals surface area contributed by atoms with Gasteiger partial charge < -0.3 is 10.1 Å². The van der Waals surface area contributed by atoms with Crippen molar-refractivity contribution in [3.63, 3.8) is 0 Å². The van der Waals surface area contributed by atoms with Crippen molar-refractivity contribution in [2.24, 2.45) is 0 Å². The third-order valence-electron chi connectivity index (χ3n) is 3.06. The van der Waals surface area contributed by atoms with Gasteiger partial charge in [0, 0.05) is 6.54 Å². The van der Waals surface area contributed by atoms with E-state index in [0.717, 1.165) is 24.6 Å². The zero-order chi connectivity index (χ0) is 14.5. The van der Waals surface area contributed by atoms with Crippen LogP contribution in [0.3, 0.4) is 0 Å². The molecule has 1 fully saturated rings. The number of benzene rings is 1. The van der Waals surface area contributed by atoms with Crippen molar-refractivity contribution in [2.75, 3.05) is 19.0 Å². The van der Waals surface area contributed by atoms with Crippen LogP contribution in [0.1, 0.15) is 19.8 Å². The predicted molar refractivity (Wildman–Crippen MR) is 80.0 cm³/mol. The summed E-state index contributed by atoms with van der Waals surface area (Å²) in [5.74, 6) is 0.472. The van der Waals surface area contributed by atoms with Gasteiger partial charge in [0.05, 0.1) is 12.8 Å². The molecule has 2 rings (SSSR count). The molecule has 6 heteroatoms. The summed E-state index contributed by atoms with van der Waals surface area (Å²) in [5, 5.41) is 2.32. The van der Waals surface area contributed by atoms with Gasteiger partial charge in [-0.1, -0.05) is 25.5 Å². The Kier molecular flexibility index (Phi) is 4.89. The van der Waals surface area contributed by atoms with Crippen molar-refractivity contribution in [2.45, 2.75) is 25.1 Å². The summed E-state index contributed by atoms with van der Waals surface area (Å²) in [6.07, 6.45) is 1.78. The lowest BCUT2D eigenvalue weighted by Crippen LogP contribution is -2.35. The number of carbonyl (C=O) groups is 2. The molecule has 0 aliphatic carbocycles. The van der Waals surface area contributed by atoms with Crippen LogP contribution < -0.4 is 10.1 Å². The van der Waals surface area contributed by atoms with Gasteiger partial charge in [0.15, 0.2) is 5.37 Å². The van der Waals surface area contributed by atoms with Gasteiger partial charge in [-0.3, -0.25) is 14.5 Å². The van der Waals surface area contributed by atoms with E-state index in [9.17, 15) is 9.59 Å². The first kappa shape index (κ1) is 14.7. The van der Waals surface area contributed by atoms with Crippen molar-refractivity contribution >= 4 is 28.6 Å². The van der Waals surface area contributed by atoms with Gasteiger partial charge in [-0.05, 0) is 30.3 Å². The molecule has 1 atom stereocenters. The van der Waals surface area contributed by atoms with Gasteiger partial charge >= 0.3 is 0 Å². The quantitative estimate of drug-likeness (QED) is 0.874. The van der Waals surface area contributed by atoms with Gasteiger partial charge in [0.25, 0.3) is 11.1 Å². The standard InChI is InChI=1S/C14H18N2O3S/c1-3-4-9-16-13(17)12(20-14(16)18)15-10-7-5-6-8-11(10)19-2/h5-8,12,15H,3-4,9H2,1-2H3. The molecule has 1 aromatic carbocycles. The van der Waals surface area contributed by atoms with Crippen molar-refractivity contribution < 1.29 is 14.3 Å². The van der Waals surface area contributed by atoms with Crippen molar-refractivity contribution in [3.05, 3.63) is 24.3 Å². The third-order valence-corrected chi connectivity index (χ3v) is 4.04. The van der Waals surface area contributed by atoms with Crippen LogP contribution in [0.5, 0.6) is 5.75 Å². The second-order valence-electron chi connectivity index (χ2n) is 4.45. The maximum absolute atomic E-state index is 12.2. The van der Waals surface area contributed by atoms with E-state index in [0.29, 0.717) is 18.0 Å². The molecule has 1 aromatic rings. The highest BCUT2D eigenvalue weighted by Crippen LogP contribution is 2.31. The molecular weight excluding hydrogens is 276 g/mol. The summed E-state index contributed by atoms with van der Waals surface area (Å²) in [6.45, 7) is 2.52. The molecule has 0 saturated carbocycles. The highest BCUT2D eigenvalue weighted by atomic mass is 32.2. The number of thioether (sulfide) groups is 1. The first-order valence-electron chi connectivity index (χ1n) is 6.59. The molecule has 0 radical (unpaired) electrons. The normalized spacial score (nSPS) is 18.5. The molecule has 1 N–H and O–H groups in total. The number of ether oxygens (including phenoxy) is 1. The maximum atomic E-state index is 12.2. The van der Waals surface area contributed by atoms with Gasteiger partial charge in [-0.25, -0.2) is 0 Å². The van der Waals surface area contributed by atoms with E-state index in [4.69, 9.17) is 4.74 Å². The molecular formula is C14H18N2O3S. The summed E-state index contributed by atoms with van der Waals surface area (Å²) in [5.41, 5.74) is 0.714. The zero-order valence-electron chi connectivity index (χ0n) is 11.6. The number of carbonyl (C=O) groups excluding carboxylic acids is 2. The number of anilines is 1. The molecule has 1 aliphatic rings. The van der Waals surface area contributed by atoms with Crippen LogP contribution in [-0.4, -0.2) is 35.1 Å². The molecule has 1 heterocycles. The van der Waals surface area contributed by atoms with E-state index >= 15 is 0 Å². The van der Waals surface area contributed by atoms with Crippen LogP contribution >= 0.6 is 11.8 Å². The Morgan fingerprint density at radius 3 is 2.80 bits per heavy atom. The summed E-state index contributed by atoms with van der Waals surface area (Å²) in [4.78, 5) is 25.4. The Bertz CT molecular complexity index is 507. The monoisotopic (exact) mass is 294 g/mol. The Hall–Kier alpha value is -1.69. The molecule has 0 bridgehead atoms. The number of amides is 2. The molecule has 108 valence electrons. The van der Waals surface area contributed by atoms with Crippen LogP contribution in [0.2, 0.25) is 0 Å². The lowest BCUT2D eigenvalue weighted by Gasteiger charge is -2.15. The number of nitrogens with one attached hydrogen (secondary N) is 1. The van der Waals surface area contributed by atoms with Gasteiger partial charge in [0.1, 0.15) is 5.75 Å². The van der Waals surface area contributed by atoms with Gasteiger partial charge in [0.2, 0.25) is 0 Å². The molecule has 5 nitrogen and oxygen atoms in total. The Morgan fingerprint density at radius 2 is 2.10 bits per heavy atom. The van der Waals surface area contributed by atoms with Crippen LogP contribution in [-0.2, 0) is 4.79 Å². The minimum absolute atomic E-state index is 0.181. The van der Waals surface area contributed by atoms with Gasteiger partial charge in [-0.15, -0.1) is 0 Å². The van der Waals surface area contributed by atoms with E-state index in [-0.39, 0.29) is 11.1 Å². The fourth-order valence-electron chi connectivity index (χ4n) is 1.96. The van der Waals surface area contributed by atoms with E-state index in [1.165, 1.54) is 4.90 Å². The van der Waals surface area contributed by atoms with Crippen molar-refractivity contribution in [1.82, 2.24) is 4.90 Å². The number of methoxy groups -OCH3 is 1. The molecule has 20 heavy (non-hydrogen) atoms. The van der Waals surface area contributed by atoms with E-state index in [1.807, 2.05) is 31.2 Å². The maximum Gasteiger partial charge on any atom is 0.290 e. The van der Waals surface area contributed by atoms with Crippen molar-refractivity contribution in [1.29, 1.82) is 0 Å². The first-order valence-corrected chi connectivity index (χ1v) is 7.47. The number of rotatable bonds is 6. The molecule has 0 aromatic heterocycles. The van der Waals surface area contributed by atoms with Gasteiger partial charge in [-0.2, -0.15) is 0 Å². The minimum Gasteiger partial charge on any atom is -0.495 e. The topological polar surface area (TPSA) is 58.6 Å². The minimum atomic E-state index is -0.573. The second kappa shape index (κ2) is 6.65. The molecule has 2 amide bonds. The largest absolute Gasteiger partial charge is 0.495 e. The SMILES string of the molecule is CCCCN1C(=O)SC(Nc2ccccc2OC)C1=O. The molecule has 1 unspecified atom stereocenters. The molecule has 1 saturated heterocycles. The van der Waals surface area contributed by atoms with E-state index in [2.05, 4.69) is 5.32 Å². The fourth-order valence-corrected chi connectivity index (χ4v) is 2.88. The summed E-state index contributed by atoms with van der Waals surface area (Å²) in [6, 6.07) is 7.34. The summed E-state index contributed by atoms with van der Waals surface area (Å²) in [7, 11) is 1.57. The highest BCUT2D eigenvalue weighted by molar-refractivity contribution is 8.15. The number of para-hydroxylation sites is 2. The summed E-state index contributed by atoms with van der Waals surface area (Å²) >= 11 is 1.02. The number of unbranched alkanes of at least 4 members (excludes halogenated alkanes) is 1. The number of nitrogens with zero attached hydrogens (tertiary/aromatic N) is 1. The van der Waals surface area contributed by atoms with Crippen LogP contribution in [0.4, 0.5) is 10.5 Å². The van der Waals surface area contributed by atoms with E-state index < -0.39 is 5.37 Å².